The van der Waals surface area contributed by atoms with Crippen molar-refractivity contribution < 1.29 is 9.90 Å². The van der Waals surface area contributed by atoms with Gasteiger partial charge in [0.2, 0.25) is 0 Å². The Kier molecular flexibility index (Phi) is 2.65. The van der Waals surface area contributed by atoms with Gasteiger partial charge in [0, 0.05) is 0 Å². The smallest absolute Gasteiger partial charge is 0.409 e. The Morgan fingerprint density at radius 2 is 2.42 bits per heavy atom. The topological polar surface area (TPSA) is 62.2 Å². The predicted molar refractivity (Wildman–Crippen MR) is 48.3 cm³/mol. The molecule has 0 radical (unpaired) electrons. The maximum absolute atomic E-state index is 10.2. The van der Waals surface area contributed by atoms with Crippen molar-refractivity contribution in [2.75, 3.05) is 5.32 Å². The quantitative estimate of drug-likeness (QED) is 0.728. The molecule has 0 unspecified atom stereocenters. The van der Waals surface area contributed by atoms with Crippen LogP contribution in [0.2, 0.25) is 0 Å². The van der Waals surface area contributed by atoms with Crippen LogP contribution in [0.15, 0.2) is 16.9 Å². The number of carboxylic acid groups (broad SMARTS) is 1. The Bertz CT molecular complexity index is 314. The van der Waals surface area contributed by atoms with Crippen molar-refractivity contribution in [2.45, 2.75) is 6.92 Å². The van der Waals surface area contributed by atoms with Crippen LogP contribution < -0.4 is 5.32 Å². The van der Waals surface area contributed by atoms with Crippen LogP contribution in [-0.4, -0.2) is 16.2 Å². The number of nitrogens with one attached hydrogen (secondary N) is 1. The molecule has 1 aromatic rings. The van der Waals surface area contributed by atoms with Gasteiger partial charge in [-0.25, -0.2) is 9.78 Å². The Morgan fingerprint density at radius 1 is 1.75 bits per heavy atom. The molecule has 0 aliphatic rings. The average molecular weight is 231 g/mol. The zero-order chi connectivity index (χ0) is 9.14. The number of hydrogen-bond donors (Lipinski definition) is 2. The lowest BCUT2D eigenvalue weighted by Crippen LogP contribution is -2.07. The molecule has 0 aromatic carbocycles. The number of pyridine rings is 1. The van der Waals surface area contributed by atoms with Gasteiger partial charge >= 0.3 is 6.09 Å². The van der Waals surface area contributed by atoms with E-state index in [0.29, 0.717) is 5.69 Å². The van der Waals surface area contributed by atoms with Crippen molar-refractivity contribution in [3.8, 4) is 0 Å². The maximum atomic E-state index is 10.2. The summed E-state index contributed by atoms with van der Waals surface area (Å²) in [6, 6.07) is 1.70. The molecule has 0 bridgehead atoms. The summed E-state index contributed by atoms with van der Waals surface area (Å²) in [5.74, 6) is 0. The number of hydrogen-bond acceptors (Lipinski definition) is 2. The highest BCUT2D eigenvalue weighted by atomic mass is 79.9. The van der Waals surface area contributed by atoms with Crippen molar-refractivity contribution in [2.24, 2.45) is 0 Å². The molecule has 0 aliphatic carbocycles. The van der Waals surface area contributed by atoms with E-state index in [-0.39, 0.29) is 0 Å². The minimum absolute atomic E-state index is 0.475. The highest BCUT2D eigenvalue weighted by Crippen LogP contribution is 2.16. The van der Waals surface area contributed by atoms with Crippen LogP contribution in [0.3, 0.4) is 0 Å². The second-order valence-electron chi connectivity index (χ2n) is 2.26. The number of amides is 1. The lowest BCUT2D eigenvalue weighted by Gasteiger charge is -2.01. The van der Waals surface area contributed by atoms with Crippen LogP contribution in [0.1, 0.15) is 5.56 Å². The van der Waals surface area contributed by atoms with Gasteiger partial charge in [0.25, 0.3) is 0 Å². The summed E-state index contributed by atoms with van der Waals surface area (Å²) in [6.07, 6.45) is 0.365. The molecule has 0 saturated carbocycles. The first-order chi connectivity index (χ1) is 5.59. The van der Waals surface area contributed by atoms with Gasteiger partial charge in [-0.05, 0) is 34.5 Å². The number of nitrogens with zero attached hydrogens (tertiary/aromatic N) is 1. The SMILES string of the molecule is Cc1cc(NC(=O)O)cnc1Br. The number of halogens is 1. The maximum Gasteiger partial charge on any atom is 0.409 e. The highest BCUT2D eigenvalue weighted by molar-refractivity contribution is 9.10. The van der Waals surface area contributed by atoms with Crippen molar-refractivity contribution in [3.63, 3.8) is 0 Å². The predicted octanol–water partition coefficient (Wildman–Crippen LogP) is 2.24. The molecule has 1 amide bonds. The summed E-state index contributed by atoms with van der Waals surface area (Å²) < 4.78 is 0.721. The molecule has 0 saturated heterocycles. The minimum Gasteiger partial charge on any atom is -0.465 e. The lowest BCUT2D eigenvalue weighted by atomic mass is 10.3. The van der Waals surface area contributed by atoms with Crippen molar-refractivity contribution >= 4 is 27.7 Å². The van der Waals surface area contributed by atoms with Gasteiger partial charge < -0.3 is 5.11 Å². The van der Waals surface area contributed by atoms with E-state index >= 15 is 0 Å². The van der Waals surface area contributed by atoms with Gasteiger partial charge in [0.15, 0.2) is 0 Å². The zero-order valence-electron chi connectivity index (χ0n) is 6.34. The Hall–Kier alpha value is -1.10. The zero-order valence-corrected chi connectivity index (χ0v) is 7.92. The number of aryl methyl sites for hydroxylation is 1. The monoisotopic (exact) mass is 230 g/mol. The molecule has 5 heteroatoms. The van der Waals surface area contributed by atoms with Crippen LogP contribution in [0, 0.1) is 6.92 Å². The number of carbonyl (C=O) groups is 1. The molecule has 2 N–H and O–H groups in total. The van der Waals surface area contributed by atoms with Gasteiger partial charge in [0.1, 0.15) is 4.60 Å². The molecule has 0 spiro atoms. The molecule has 0 fully saturated rings. The molecule has 4 nitrogen and oxygen atoms in total. The second kappa shape index (κ2) is 3.53. The van der Waals surface area contributed by atoms with Gasteiger partial charge in [-0.15, -0.1) is 0 Å². The van der Waals surface area contributed by atoms with Crippen LogP contribution in [0.4, 0.5) is 10.5 Å². The average Bonchev–Trinajstić information content (AvgIpc) is 1.96. The second-order valence-corrected chi connectivity index (χ2v) is 3.01. The number of aromatic nitrogens is 1. The third kappa shape index (κ3) is 2.20. The summed E-state index contributed by atoms with van der Waals surface area (Å²) in [5.41, 5.74) is 1.37. The highest BCUT2D eigenvalue weighted by Gasteiger charge is 2.00. The summed E-state index contributed by atoms with van der Waals surface area (Å²) in [7, 11) is 0. The molecule has 0 atom stereocenters. The molecule has 64 valence electrons. The molecule has 1 rings (SSSR count). The molecule has 0 aliphatic heterocycles. The van der Waals surface area contributed by atoms with Gasteiger partial charge in [-0.3, -0.25) is 5.32 Å². The summed E-state index contributed by atoms with van der Waals surface area (Å²) in [6.45, 7) is 1.84. The van der Waals surface area contributed by atoms with Gasteiger partial charge in [-0.1, -0.05) is 0 Å². The minimum atomic E-state index is -1.08. The first-order valence-corrected chi connectivity index (χ1v) is 4.01. The van der Waals surface area contributed by atoms with Gasteiger partial charge in [0.05, 0.1) is 11.9 Å². The molecule has 1 heterocycles. The number of rotatable bonds is 1. The standard InChI is InChI=1S/C7H7BrN2O2/c1-4-2-5(10-7(11)12)3-9-6(4)8/h2-3,10H,1H3,(H,11,12). The van der Waals surface area contributed by atoms with E-state index in [1.165, 1.54) is 6.20 Å². The van der Waals surface area contributed by atoms with Crippen LogP contribution in [0.25, 0.3) is 0 Å². The summed E-state index contributed by atoms with van der Waals surface area (Å²) in [4.78, 5) is 14.1. The van der Waals surface area contributed by atoms with Crippen molar-refractivity contribution in [3.05, 3.63) is 22.4 Å². The Morgan fingerprint density at radius 3 is 2.92 bits per heavy atom. The third-order valence-electron chi connectivity index (χ3n) is 1.27. The Balaban J connectivity index is 2.89. The first kappa shape index (κ1) is 8.99. The van der Waals surface area contributed by atoms with E-state index in [1.807, 2.05) is 6.92 Å². The first-order valence-electron chi connectivity index (χ1n) is 3.21. The van der Waals surface area contributed by atoms with E-state index in [2.05, 4.69) is 26.2 Å². The molecular formula is C7H7BrN2O2. The van der Waals surface area contributed by atoms with Crippen LogP contribution in [0.5, 0.6) is 0 Å². The fourth-order valence-electron chi connectivity index (χ4n) is 0.750. The van der Waals surface area contributed by atoms with Crippen molar-refractivity contribution in [1.29, 1.82) is 0 Å². The van der Waals surface area contributed by atoms with E-state index in [9.17, 15) is 4.79 Å². The molecular weight excluding hydrogens is 224 g/mol. The normalized spacial score (nSPS) is 9.50. The van der Waals surface area contributed by atoms with Crippen molar-refractivity contribution in [1.82, 2.24) is 4.98 Å². The fraction of sp³-hybridized carbons (Fsp3) is 0.143. The van der Waals surface area contributed by atoms with E-state index in [1.54, 1.807) is 6.07 Å². The van der Waals surface area contributed by atoms with E-state index in [4.69, 9.17) is 5.11 Å². The summed E-state index contributed by atoms with van der Waals surface area (Å²) >= 11 is 3.21. The van der Waals surface area contributed by atoms with Crippen LogP contribution in [-0.2, 0) is 0 Å². The third-order valence-corrected chi connectivity index (χ3v) is 2.10. The lowest BCUT2D eigenvalue weighted by molar-refractivity contribution is 0.209. The fourth-order valence-corrected chi connectivity index (χ4v) is 0.967. The van der Waals surface area contributed by atoms with Gasteiger partial charge in [-0.2, -0.15) is 0 Å². The summed E-state index contributed by atoms with van der Waals surface area (Å²) in [5, 5.41) is 10.6. The number of anilines is 1. The van der Waals surface area contributed by atoms with E-state index in [0.717, 1.165) is 10.2 Å². The molecule has 12 heavy (non-hydrogen) atoms. The largest absolute Gasteiger partial charge is 0.465 e. The molecule has 1 aromatic heterocycles. The van der Waals surface area contributed by atoms with E-state index < -0.39 is 6.09 Å². The van der Waals surface area contributed by atoms with Crippen LogP contribution >= 0.6 is 15.9 Å². The Labute approximate surface area is 77.8 Å².